The highest BCUT2D eigenvalue weighted by molar-refractivity contribution is 6.11. The summed E-state index contributed by atoms with van der Waals surface area (Å²) in [6, 6.07) is 130. The Morgan fingerprint density at radius 1 is 0.204 bits per heavy atom. The number of furan rings is 2. The van der Waals surface area contributed by atoms with Crippen LogP contribution in [0.1, 0.15) is 26.3 Å². The Morgan fingerprint density at radius 2 is 0.469 bits per heavy atom. The van der Waals surface area contributed by atoms with E-state index in [1.54, 1.807) is 0 Å². The van der Waals surface area contributed by atoms with E-state index in [1.165, 1.54) is 0 Å². The molecular weight excluding hydrogens is 1190 g/mol. The number of rotatable bonds is 14. The Bertz CT molecular complexity index is 5250. The molecule has 0 amide bonds. The molecule has 2 aromatic heterocycles. The average molecular weight is 1260 g/mol. The van der Waals surface area contributed by atoms with Crippen molar-refractivity contribution in [3.05, 3.63) is 363 Å². The minimum atomic E-state index is -0.391. The van der Waals surface area contributed by atoms with Crippen molar-refractivity contribution < 1.29 is 8.83 Å². The van der Waals surface area contributed by atoms with Crippen LogP contribution in [0, 0.1) is 0 Å². The summed E-state index contributed by atoms with van der Waals surface area (Å²) in [5.74, 6) is 0. The van der Waals surface area contributed by atoms with Crippen LogP contribution in [-0.4, -0.2) is 0 Å². The molecule has 0 saturated carbocycles. The van der Waals surface area contributed by atoms with Crippen LogP contribution in [0.2, 0.25) is 0 Å². The lowest BCUT2D eigenvalue weighted by atomic mass is 9.85. The van der Waals surface area contributed by atoms with Crippen LogP contribution >= 0.6 is 0 Å². The Kier molecular flexibility index (Phi) is 15.1. The Morgan fingerprint density at radius 3 is 0.786 bits per heavy atom. The zero-order valence-electron chi connectivity index (χ0n) is 54.8. The average Bonchev–Trinajstić information content (AvgIpc) is 0.913. The molecule has 98 heavy (non-hydrogen) atoms. The summed E-state index contributed by atoms with van der Waals surface area (Å²) in [5, 5.41) is 4.24. The number of nitrogens with zero attached hydrogens (tertiary/aromatic N) is 2. The van der Waals surface area contributed by atoms with Crippen LogP contribution < -0.4 is 9.80 Å². The number of para-hydroxylation sites is 4. The van der Waals surface area contributed by atoms with Gasteiger partial charge in [0.2, 0.25) is 0 Å². The van der Waals surface area contributed by atoms with Crippen molar-refractivity contribution in [2.45, 2.75) is 26.2 Å². The fourth-order valence-electron chi connectivity index (χ4n) is 14.6. The monoisotopic (exact) mass is 1260 g/mol. The minimum Gasteiger partial charge on any atom is -0.456 e. The van der Waals surface area contributed by atoms with Crippen molar-refractivity contribution in [3.63, 3.8) is 0 Å². The Labute approximate surface area is 571 Å². The van der Waals surface area contributed by atoms with Gasteiger partial charge in [-0.25, -0.2) is 0 Å². The van der Waals surface area contributed by atoms with E-state index in [1.807, 2.05) is 0 Å². The molecule has 4 heteroatoms. The van der Waals surface area contributed by atoms with Gasteiger partial charge in [0, 0.05) is 78.7 Å². The van der Waals surface area contributed by atoms with Gasteiger partial charge in [0.15, 0.2) is 0 Å². The van der Waals surface area contributed by atoms with Gasteiger partial charge in [0.1, 0.15) is 22.3 Å². The van der Waals surface area contributed by atoms with Crippen LogP contribution in [0.25, 0.3) is 133 Å². The maximum atomic E-state index is 6.96. The second kappa shape index (κ2) is 25.0. The molecule has 0 radical (unpaired) electrons. The molecule has 2 heterocycles. The van der Waals surface area contributed by atoms with E-state index in [0.717, 1.165) is 173 Å². The first-order chi connectivity index (χ1) is 48.3. The summed E-state index contributed by atoms with van der Waals surface area (Å²) in [6.07, 6.45) is 0. The molecule has 0 spiro atoms. The van der Waals surface area contributed by atoms with Crippen LogP contribution in [0.3, 0.4) is 0 Å². The zero-order chi connectivity index (χ0) is 65.7. The van der Waals surface area contributed by atoms with Crippen molar-refractivity contribution in [1.82, 2.24) is 0 Å². The normalized spacial score (nSPS) is 11.6. The summed E-state index contributed by atoms with van der Waals surface area (Å²) in [5.41, 5.74) is 27.5. The minimum absolute atomic E-state index is 0.391. The second-order valence-electron chi connectivity index (χ2n) is 26.3. The lowest BCUT2D eigenvalue weighted by Gasteiger charge is -2.35. The zero-order valence-corrected chi connectivity index (χ0v) is 54.8. The number of anilines is 6. The third-order valence-corrected chi connectivity index (χ3v) is 19.3. The van der Waals surface area contributed by atoms with E-state index in [9.17, 15) is 0 Å². The van der Waals surface area contributed by atoms with E-state index in [4.69, 9.17) is 8.83 Å². The van der Waals surface area contributed by atoms with Crippen LogP contribution in [0.4, 0.5) is 34.1 Å². The molecule has 0 bridgehead atoms. The van der Waals surface area contributed by atoms with E-state index in [-0.39, 0.29) is 0 Å². The first-order valence-electron chi connectivity index (χ1n) is 33.7. The van der Waals surface area contributed by atoms with Gasteiger partial charge in [0.25, 0.3) is 0 Å². The molecule has 0 aliphatic carbocycles. The predicted molar refractivity (Wildman–Crippen MR) is 413 cm³/mol. The third kappa shape index (κ3) is 10.8. The maximum absolute atomic E-state index is 6.96. The number of hydrogen-bond donors (Lipinski definition) is 0. The van der Waals surface area contributed by atoms with E-state index in [2.05, 4.69) is 388 Å². The van der Waals surface area contributed by atoms with Gasteiger partial charge in [-0.1, -0.05) is 312 Å². The topological polar surface area (TPSA) is 32.8 Å². The molecular formula is C94H68N2O2. The molecule has 15 aromatic carbocycles. The SMILES string of the molecule is CC(C)(C)c1cc(N(c2ccc3c(c2)oc2ccccc23)c2c(-c3ccccc3-c3ccccc3)cccc2-c2ccccc2-c2ccccc2)cc(N(c2ccc3c(c2)oc2ccccc23)c2c(-c3ccccc3-c3ccccc3)cccc2-c2ccccc2-c2ccccc2)c1. The predicted octanol–water partition coefficient (Wildman–Crippen LogP) is 27.1. The fourth-order valence-corrected chi connectivity index (χ4v) is 14.6. The molecule has 0 aliphatic rings. The number of fused-ring (bicyclic) bond motifs is 6. The Balaban J connectivity index is 1.02. The van der Waals surface area contributed by atoms with E-state index < -0.39 is 5.41 Å². The molecule has 17 rings (SSSR count). The molecule has 0 N–H and O–H groups in total. The third-order valence-electron chi connectivity index (χ3n) is 19.3. The van der Waals surface area contributed by atoms with Crippen molar-refractivity contribution >= 4 is 78.0 Å². The van der Waals surface area contributed by atoms with Crippen molar-refractivity contribution in [2.24, 2.45) is 0 Å². The molecule has 0 saturated heterocycles. The molecule has 0 unspecified atom stereocenters. The van der Waals surface area contributed by atoms with Crippen LogP contribution in [0.15, 0.2) is 367 Å². The molecule has 4 nitrogen and oxygen atoms in total. The van der Waals surface area contributed by atoms with Gasteiger partial charge in [-0.2, -0.15) is 0 Å². The van der Waals surface area contributed by atoms with E-state index >= 15 is 0 Å². The highest BCUT2D eigenvalue weighted by Gasteiger charge is 2.31. The van der Waals surface area contributed by atoms with Gasteiger partial charge in [-0.3, -0.25) is 0 Å². The molecule has 17 aromatic rings. The lowest BCUT2D eigenvalue weighted by Crippen LogP contribution is -2.19. The van der Waals surface area contributed by atoms with Crippen molar-refractivity contribution in [1.29, 1.82) is 0 Å². The fraction of sp³-hybridized carbons (Fsp3) is 0.0426. The first kappa shape index (κ1) is 59.3. The largest absolute Gasteiger partial charge is 0.456 e. The van der Waals surface area contributed by atoms with Crippen LogP contribution in [-0.2, 0) is 5.41 Å². The maximum Gasteiger partial charge on any atom is 0.137 e. The highest BCUT2D eigenvalue weighted by Crippen LogP contribution is 2.55. The smallest absolute Gasteiger partial charge is 0.137 e. The molecule has 466 valence electrons. The van der Waals surface area contributed by atoms with Gasteiger partial charge in [-0.05, 0) is 132 Å². The molecule has 0 fully saturated rings. The summed E-state index contributed by atoms with van der Waals surface area (Å²) >= 11 is 0. The summed E-state index contributed by atoms with van der Waals surface area (Å²) in [6.45, 7) is 7.01. The quantitative estimate of drug-likeness (QED) is 0.109. The molecule has 0 aliphatic heterocycles. The summed E-state index contributed by atoms with van der Waals surface area (Å²) in [4.78, 5) is 5.06. The summed E-state index contributed by atoms with van der Waals surface area (Å²) < 4.78 is 13.9. The van der Waals surface area contributed by atoms with Gasteiger partial charge >= 0.3 is 0 Å². The van der Waals surface area contributed by atoms with Crippen molar-refractivity contribution in [3.8, 4) is 89.0 Å². The molecule has 0 atom stereocenters. The first-order valence-corrected chi connectivity index (χ1v) is 33.7. The highest BCUT2D eigenvalue weighted by atomic mass is 16.3. The van der Waals surface area contributed by atoms with Crippen LogP contribution in [0.5, 0.6) is 0 Å². The van der Waals surface area contributed by atoms with Gasteiger partial charge in [0.05, 0.1) is 11.4 Å². The second-order valence-corrected chi connectivity index (χ2v) is 26.3. The summed E-state index contributed by atoms with van der Waals surface area (Å²) in [7, 11) is 0. The number of benzene rings is 15. The van der Waals surface area contributed by atoms with E-state index in [0.29, 0.717) is 0 Å². The standard InChI is InChI=1S/C94H68N2O2/c1-94(2,3)67-58-70(95(68-54-56-82-80-46-24-26-52-88(80)97-90(82)61-68)92-84(76-42-20-16-38-72(76)63-30-8-4-9-31-63)48-28-49-85(92)77-43-21-17-39-73(77)64-32-10-5-11-33-64)60-71(59-67)96(69-55-57-83-81-47-25-27-53-89(81)98-91(83)62-69)93-86(78-44-22-18-40-74(78)65-34-12-6-13-35-65)50-29-51-87(93)79-45-23-19-41-75(79)66-36-14-7-15-37-66/h4-62H,1-3H3. The van der Waals surface area contributed by atoms with Gasteiger partial charge in [-0.15, -0.1) is 0 Å². The number of hydrogen-bond acceptors (Lipinski definition) is 4. The van der Waals surface area contributed by atoms with Gasteiger partial charge < -0.3 is 18.6 Å². The van der Waals surface area contributed by atoms with Crippen molar-refractivity contribution in [2.75, 3.05) is 9.80 Å². The Hall–Kier alpha value is -12.5. The lowest BCUT2D eigenvalue weighted by molar-refractivity contribution is 0.590.